The highest BCUT2D eigenvalue weighted by Gasteiger charge is 2.19. The van der Waals surface area contributed by atoms with Gasteiger partial charge in [-0.25, -0.2) is 8.78 Å². The first-order chi connectivity index (χ1) is 12.8. The monoisotopic (exact) mass is 368 g/mol. The Morgan fingerprint density at radius 3 is 2.33 bits per heavy atom. The number of hydrogen-bond donors (Lipinski definition) is 2. The molecule has 0 aliphatic rings. The van der Waals surface area contributed by atoms with Crippen molar-refractivity contribution >= 4 is 22.6 Å². The highest BCUT2D eigenvalue weighted by atomic mass is 19.1. The van der Waals surface area contributed by atoms with Crippen molar-refractivity contribution in [2.75, 3.05) is 0 Å². The highest BCUT2D eigenvalue weighted by molar-refractivity contribution is 6.06. The minimum atomic E-state index is -0.734. The van der Waals surface area contributed by atoms with Crippen molar-refractivity contribution in [2.45, 2.75) is 19.8 Å². The fourth-order valence-corrected chi connectivity index (χ4v) is 2.96. The molecular weight excluding hydrogens is 350 g/mol. The van der Waals surface area contributed by atoms with E-state index < -0.39 is 17.5 Å². The summed E-state index contributed by atoms with van der Waals surface area (Å²) in [5.74, 6) is -2.36. The number of hydrogen-bond acceptors (Lipinski definition) is 2. The molecule has 7 heteroatoms. The van der Waals surface area contributed by atoms with Crippen molar-refractivity contribution in [3.05, 3.63) is 65.4 Å². The molecule has 3 aromatic rings. The predicted octanol–water partition coefficient (Wildman–Crippen LogP) is 3.72. The van der Waals surface area contributed by atoms with Crippen LogP contribution in [0.3, 0.4) is 0 Å². The SMILES string of the molecule is CC(C)c1cnc(-c2c(F)cccc2F)c2cc(C(=O)N=C(N)N)ccc12. The molecule has 0 saturated carbocycles. The van der Waals surface area contributed by atoms with Crippen molar-refractivity contribution in [2.24, 2.45) is 16.5 Å². The van der Waals surface area contributed by atoms with Gasteiger partial charge in [-0.1, -0.05) is 26.0 Å². The molecule has 3 rings (SSSR count). The van der Waals surface area contributed by atoms with Gasteiger partial charge in [-0.15, -0.1) is 0 Å². The van der Waals surface area contributed by atoms with E-state index in [1.54, 1.807) is 18.3 Å². The summed E-state index contributed by atoms with van der Waals surface area (Å²) in [7, 11) is 0. The molecule has 0 atom stereocenters. The van der Waals surface area contributed by atoms with Crippen molar-refractivity contribution in [1.82, 2.24) is 4.98 Å². The minimum Gasteiger partial charge on any atom is -0.370 e. The Kier molecular flexibility index (Phi) is 4.85. The number of benzene rings is 2. The van der Waals surface area contributed by atoms with Crippen LogP contribution in [-0.2, 0) is 0 Å². The maximum atomic E-state index is 14.4. The van der Waals surface area contributed by atoms with Gasteiger partial charge in [-0.2, -0.15) is 4.99 Å². The van der Waals surface area contributed by atoms with Crippen molar-refractivity contribution < 1.29 is 13.6 Å². The Morgan fingerprint density at radius 2 is 1.74 bits per heavy atom. The molecule has 0 aliphatic heterocycles. The number of nitrogens with two attached hydrogens (primary N) is 2. The lowest BCUT2D eigenvalue weighted by Crippen LogP contribution is -2.24. The summed E-state index contributed by atoms with van der Waals surface area (Å²) in [6.45, 7) is 3.97. The topological polar surface area (TPSA) is 94.4 Å². The van der Waals surface area contributed by atoms with E-state index in [4.69, 9.17) is 11.5 Å². The molecule has 0 unspecified atom stereocenters. The van der Waals surface area contributed by atoms with E-state index in [0.717, 1.165) is 23.1 Å². The van der Waals surface area contributed by atoms with Crippen LogP contribution in [0.15, 0.2) is 47.6 Å². The number of amides is 1. The van der Waals surface area contributed by atoms with Crippen LogP contribution in [0.1, 0.15) is 35.7 Å². The van der Waals surface area contributed by atoms with Crippen LogP contribution in [0.4, 0.5) is 8.78 Å². The molecule has 2 aromatic carbocycles. The van der Waals surface area contributed by atoms with Crippen molar-refractivity contribution in [1.29, 1.82) is 0 Å². The van der Waals surface area contributed by atoms with Gasteiger partial charge in [0.25, 0.3) is 5.91 Å². The van der Waals surface area contributed by atoms with Crippen molar-refractivity contribution in [3.8, 4) is 11.3 Å². The Bertz CT molecular complexity index is 1050. The number of carbonyl (C=O) groups excluding carboxylic acids is 1. The van der Waals surface area contributed by atoms with E-state index in [0.29, 0.717) is 5.39 Å². The predicted molar refractivity (Wildman–Crippen MR) is 101 cm³/mol. The molecule has 0 aliphatic carbocycles. The third-order valence-corrected chi connectivity index (χ3v) is 4.22. The Morgan fingerprint density at radius 1 is 1.07 bits per heavy atom. The number of pyridine rings is 1. The lowest BCUT2D eigenvalue weighted by atomic mass is 9.93. The number of carbonyl (C=O) groups is 1. The second-order valence-electron chi connectivity index (χ2n) is 6.42. The zero-order valence-electron chi connectivity index (χ0n) is 14.8. The average Bonchev–Trinajstić information content (AvgIpc) is 2.60. The number of rotatable bonds is 3. The first-order valence-electron chi connectivity index (χ1n) is 8.30. The zero-order chi connectivity index (χ0) is 19.7. The maximum Gasteiger partial charge on any atom is 0.280 e. The van der Waals surface area contributed by atoms with Crippen LogP contribution in [0.2, 0.25) is 0 Å². The summed E-state index contributed by atoms with van der Waals surface area (Å²) < 4.78 is 28.7. The summed E-state index contributed by atoms with van der Waals surface area (Å²) in [6, 6.07) is 8.40. The van der Waals surface area contributed by atoms with Gasteiger partial charge in [-0.05, 0) is 41.1 Å². The van der Waals surface area contributed by atoms with Gasteiger partial charge in [0.2, 0.25) is 0 Å². The van der Waals surface area contributed by atoms with Crippen LogP contribution in [0.5, 0.6) is 0 Å². The number of aromatic nitrogens is 1. The standard InChI is InChI=1S/C20H18F2N4O/c1-10(2)14-9-25-18(17-15(21)4-3-5-16(17)22)13-8-11(6-7-12(13)14)19(27)26-20(23)24/h3-10H,1-2H3,(H4,23,24,26,27). The molecule has 1 amide bonds. The number of aliphatic imine (C=N–C) groups is 1. The highest BCUT2D eigenvalue weighted by Crippen LogP contribution is 2.35. The van der Waals surface area contributed by atoms with Gasteiger partial charge in [0.05, 0.1) is 11.3 Å². The smallest absolute Gasteiger partial charge is 0.280 e. The molecule has 5 nitrogen and oxygen atoms in total. The average molecular weight is 368 g/mol. The summed E-state index contributed by atoms with van der Waals surface area (Å²) in [5, 5.41) is 1.20. The van der Waals surface area contributed by atoms with Crippen LogP contribution in [-0.4, -0.2) is 16.9 Å². The maximum absolute atomic E-state index is 14.4. The van der Waals surface area contributed by atoms with E-state index in [-0.39, 0.29) is 28.7 Å². The van der Waals surface area contributed by atoms with Crippen LogP contribution < -0.4 is 11.5 Å². The third-order valence-electron chi connectivity index (χ3n) is 4.22. The van der Waals surface area contributed by atoms with E-state index in [1.807, 2.05) is 13.8 Å². The lowest BCUT2D eigenvalue weighted by molar-refractivity contribution is 0.100. The second-order valence-corrected chi connectivity index (χ2v) is 6.42. The van der Waals surface area contributed by atoms with E-state index in [1.165, 1.54) is 12.1 Å². The third kappa shape index (κ3) is 3.48. The largest absolute Gasteiger partial charge is 0.370 e. The Balaban J connectivity index is 2.35. The fraction of sp³-hybridized carbons (Fsp3) is 0.150. The molecule has 0 fully saturated rings. The summed E-state index contributed by atoms with van der Waals surface area (Å²) in [6.07, 6.45) is 1.60. The number of nitrogens with zero attached hydrogens (tertiary/aromatic N) is 2. The number of guanidine groups is 1. The normalized spacial score (nSPS) is 11.0. The van der Waals surface area contributed by atoms with Gasteiger partial charge in [0.1, 0.15) is 11.6 Å². The van der Waals surface area contributed by atoms with Crippen LogP contribution >= 0.6 is 0 Å². The molecule has 0 saturated heterocycles. The minimum absolute atomic E-state index is 0.115. The van der Waals surface area contributed by atoms with E-state index in [2.05, 4.69) is 9.98 Å². The number of fused-ring (bicyclic) bond motifs is 1. The fourth-order valence-electron chi connectivity index (χ4n) is 2.96. The first-order valence-corrected chi connectivity index (χ1v) is 8.30. The summed E-state index contributed by atoms with van der Waals surface area (Å²) >= 11 is 0. The van der Waals surface area contributed by atoms with Crippen molar-refractivity contribution in [3.63, 3.8) is 0 Å². The Labute approximate surface area is 154 Å². The van der Waals surface area contributed by atoms with Gasteiger partial charge >= 0.3 is 0 Å². The Hall–Kier alpha value is -3.35. The van der Waals surface area contributed by atoms with Gasteiger partial charge in [-0.3, -0.25) is 9.78 Å². The quantitative estimate of drug-likeness (QED) is 0.544. The van der Waals surface area contributed by atoms with Gasteiger partial charge in [0.15, 0.2) is 5.96 Å². The second kappa shape index (κ2) is 7.11. The molecule has 0 radical (unpaired) electrons. The van der Waals surface area contributed by atoms with E-state index >= 15 is 0 Å². The van der Waals surface area contributed by atoms with Gasteiger partial charge < -0.3 is 11.5 Å². The van der Waals surface area contributed by atoms with Gasteiger partial charge in [0, 0.05) is 17.1 Å². The molecular formula is C20H18F2N4O. The molecule has 1 aromatic heterocycles. The van der Waals surface area contributed by atoms with Crippen LogP contribution in [0.25, 0.3) is 22.0 Å². The van der Waals surface area contributed by atoms with Crippen LogP contribution in [0, 0.1) is 11.6 Å². The molecule has 0 spiro atoms. The number of halogens is 2. The summed E-state index contributed by atoms with van der Waals surface area (Å²) in [5.41, 5.74) is 11.5. The summed E-state index contributed by atoms with van der Waals surface area (Å²) in [4.78, 5) is 20.0. The molecule has 0 bridgehead atoms. The molecule has 27 heavy (non-hydrogen) atoms. The zero-order valence-corrected chi connectivity index (χ0v) is 14.8. The lowest BCUT2D eigenvalue weighted by Gasteiger charge is -2.14. The van der Waals surface area contributed by atoms with E-state index in [9.17, 15) is 13.6 Å². The molecule has 4 N–H and O–H groups in total. The first kappa shape index (κ1) is 18.4. The molecule has 1 heterocycles. The molecule has 138 valence electrons.